The number of fused-ring (bicyclic) bond motifs is 1. The molecule has 0 spiro atoms. The van der Waals surface area contributed by atoms with Gasteiger partial charge in [-0.1, -0.05) is 30.4 Å². The van der Waals surface area contributed by atoms with Crippen LogP contribution >= 0.6 is 23.1 Å². The number of hydrogen-bond acceptors (Lipinski definition) is 5. The number of carbonyl (C=O) groups is 1. The van der Waals surface area contributed by atoms with Gasteiger partial charge in [-0.2, -0.15) is 0 Å². The van der Waals surface area contributed by atoms with Gasteiger partial charge in [-0.05, 0) is 72.2 Å². The number of nitrogens with zero attached hydrogens (tertiary/aromatic N) is 3. The van der Waals surface area contributed by atoms with Gasteiger partial charge in [-0.15, -0.1) is 11.8 Å². The number of rotatable bonds is 9. The molecule has 4 rings (SSSR count). The molecule has 2 aromatic carbocycles. The summed E-state index contributed by atoms with van der Waals surface area (Å²) >= 11 is 3.18. The molecule has 0 atom stereocenters. The van der Waals surface area contributed by atoms with Crippen LogP contribution in [-0.2, 0) is 17.8 Å². The van der Waals surface area contributed by atoms with Crippen molar-refractivity contribution in [3.8, 4) is 0 Å². The number of thioether (sulfide) groups is 1. The molecule has 0 radical (unpaired) electrons. The van der Waals surface area contributed by atoms with E-state index in [1.807, 2.05) is 18.2 Å². The van der Waals surface area contributed by atoms with Gasteiger partial charge in [0.15, 0.2) is 5.13 Å². The lowest BCUT2D eigenvalue weighted by atomic mass is 10.2. The van der Waals surface area contributed by atoms with Crippen molar-refractivity contribution in [2.45, 2.75) is 37.6 Å². The van der Waals surface area contributed by atoms with Gasteiger partial charge in [0.2, 0.25) is 5.91 Å². The summed E-state index contributed by atoms with van der Waals surface area (Å²) in [6, 6.07) is 16.6. The molecule has 164 valence electrons. The summed E-state index contributed by atoms with van der Waals surface area (Å²) in [6.07, 6.45) is 5.63. The van der Waals surface area contributed by atoms with E-state index in [1.54, 1.807) is 52.5 Å². The number of halogens is 1. The van der Waals surface area contributed by atoms with E-state index < -0.39 is 0 Å². The minimum atomic E-state index is -0.238. The number of thiazole rings is 1. The number of pyridine rings is 1. The van der Waals surface area contributed by atoms with Crippen molar-refractivity contribution in [1.29, 1.82) is 0 Å². The van der Waals surface area contributed by atoms with Crippen LogP contribution in [0.2, 0.25) is 0 Å². The molecule has 2 aromatic heterocycles. The summed E-state index contributed by atoms with van der Waals surface area (Å²) in [5, 5.41) is 0.716. The molecule has 0 aliphatic carbocycles. The zero-order valence-corrected chi connectivity index (χ0v) is 19.5. The molecular weight excluding hydrogens is 441 g/mol. The quantitative estimate of drug-likeness (QED) is 0.209. The number of aryl methyl sites for hydroxylation is 1. The molecule has 4 aromatic rings. The SMILES string of the molecule is CCc1ccc2nc(N(Cc3cccnc3)C(=O)CCCSc3ccc(F)cc3)sc2c1. The molecule has 2 heterocycles. The topological polar surface area (TPSA) is 46.1 Å². The molecule has 0 aliphatic rings. The van der Waals surface area contributed by atoms with Crippen LogP contribution in [0.3, 0.4) is 0 Å². The fourth-order valence-electron chi connectivity index (χ4n) is 3.31. The highest BCUT2D eigenvalue weighted by Crippen LogP contribution is 2.31. The zero-order chi connectivity index (χ0) is 22.3. The first-order valence-electron chi connectivity index (χ1n) is 10.6. The molecule has 0 N–H and O–H groups in total. The Balaban J connectivity index is 1.47. The van der Waals surface area contributed by atoms with Crippen LogP contribution in [0.5, 0.6) is 0 Å². The third-order valence-electron chi connectivity index (χ3n) is 5.06. The maximum absolute atomic E-state index is 13.2. The van der Waals surface area contributed by atoms with Crippen molar-refractivity contribution in [1.82, 2.24) is 9.97 Å². The van der Waals surface area contributed by atoms with Crippen molar-refractivity contribution >= 4 is 44.4 Å². The van der Waals surface area contributed by atoms with Gasteiger partial charge in [0.1, 0.15) is 5.82 Å². The minimum Gasteiger partial charge on any atom is -0.284 e. The molecule has 7 heteroatoms. The van der Waals surface area contributed by atoms with Gasteiger partial charge in [-0.3, -0.25) is 14.7 Å². The second-order valence-electron chi connectivity index (χ2n) is 7.40. The van der Waals surface area contributed by atoms with Gasteiger partial charge < -0.3 is 0 Å². The lowest BCUT2D eigenvalue weighted by Crippen LogP contribution is -2.30. The fourth-order valence-corrected chi connectivity index (χ4v) is 5.21. The van der Waals surface area contributed by atoms with Gasteiger partial charge in [0, 0.05) is 23.7 Å². The molecule has 0 saturated heterocycles. The van der Waals surface area contributed by atoms with Crippen molar-refractivity contribution in [3.63, 3.8) is 0 Å². The van der Waals surface area contributed by atoms with Crippen LogP contribution in [0.1, 0.15) is 30.9 Å². The summed E-state index contributed by atoms with van der Waals surface area (Å²) in [5.41, 5.74) is 3.14. The summed E-state index contributed by atoms with van der Waals surface area (Å²) in [6.45, 7) is 2.57. The molecule has 32 heavy (non-hydrogen) atoms. The maximum Gasteiger partial charge on any atom is 0.229 e. The molecule has 0 aliphatic heterocycles. The van der Waals surface area contributed by atoms with Gasteiger partial charge in [0.05, 0.1) is 16.8 Å². The van der Waals surface area contributed by atoms with E-state index in [-0.39, 0.29) is 11.7 Å². The van der Waals surface area contributed by atoms with Crippen LogP contribution in [-0.4, -0.2) is 21.6 Å². The smallest absolute Gasteiger partial charge is 0.229 e. The third-order valence-corrected chi connectivity index (χ3v) is 7.20. The number of anilines is 1. The van der Waals surface area contributed by atoms with E-state index in [9.17, 15) is 9.18 Å². The van der Waals surface area contributed by atoms with Crippen molar-refractivity contribution in [3.05, 3.63) is 83.9 Å². The highest BCUT2D eigenvalue weighted by molar-refractivity contribution is 7.99. The number of amides is 1. The Hall–Kier alpha value is -2.77. The first-order chi connectivity index (χ1) is 15.6. The van der Waals surface area contributed by atoms with Crippen molar-refractivity contribution in [2.75, 3.05) is 10.7 Å². The van der Waals surface area contributed by atoms with Crippen LogP contribution in [0.15, 0.2) is 71.9 Å². The Morgan fingerprint density at radius 1 is 1.12 bits per heavy atom. The summed E-state index contributed by atoms with van der Waals surface area (Å²) in [7, 11) is 0. The number of carbonyl (C=O) groups excluding carboxylic acids is 1. The Bertz CT molecular complexity index is 1180. The normalized spacial score (nSPS) is 11.1. The minimum absolute atomic E-state index is 0.0448. The number of aromatic nitrogens is 2. The Kier molecular flexibility index (Phi) is 7.50. The monoisotopic (exact) mass is 465 g/mol. The standard InChI is InChI=1S/C25H24FN3OS2/c1-2-18-7-12-22-23(15-18)32-25(28-22)29(17-19-5-3-13-27-16-19)24(30)6-4-14-31-21-10-8-20(26)9-11-21/h3,5,7-13,15-16H,2,4,6,14,17H2,1H3. The zero-order valence-electron chi connectivity index (χ0n) is 17.8. The highest BCUT2D eigenvalue weighted by Gasteiger charge is 2.20. The lowest BCUT2D eigenvalue weighted by molar-refractivity contribution is -0.118. The molecule has 1 amide bonds. The van der Waals surface area contributed by atoms with E-state index in [0.29, 0.717) is 18.1 Å². The Labute approximate surface area is 195 Å². The number of benzene rings is 2. The molecule has 0 fully saturated rings. The van der Waals surface area contributed by atoms with E-state index in [1.165, 1.54) is 17.7 Å². The lowest BCUT2D eigenvalue weighted by Gasteiger charge is -2.20. The summed E-state index contributed by atoms with van der Waals surface area (Å²) in [5.74, 6) is 0.596. The van der Waals surface area contributed by atoms with E-state index in [4.69, 9.17) is 4.98 Å². The van der Waals surface area contributed by atoms with Crippen LogP contribution in [0.25, 0.3) is 10.2 Å². The van der Waals surface area contributed by atoms with Gasteiger partial charge in [-0.25, -0.2) is 9.37 Å². The predicted molar refractivity (Wildman–Crippen MR) is 131 cm³/mol. The molecule has 0 bridgehead atoms. The first-order valence-corrected chi connectivity index (χ1v) is 12.4. The third kappa shape index (κ3) is 5.72. The fraction of sp³-hybridized carbons (Fsp3) is 0.240. The number of hydrogen-bond donors (Lipinski definition) is 0. The van der Waals surface area contributed by atoms with Crippen molar-refractivity contribution < 1.29 is 9.18 Å². The van der Waals surface area contributed by atoms with Crippen LogP contribution in [0, 0.1) is 5.82 Å². The predicted octanol–water partition coefficient (Wildman–Crippen LogP) is 6.50. The Morgan fingerprint density at radius 2 is 1.97 bits per heavy atom. The highest BCUT2D eigenvalue weighted by atomic mass is 32.2. The first kappa shape index (κ1) is 22.4. The average molecular weight is 466 g/mol. The molecule has 4 nitrogen and oxygen atoms in total. The van der Waals surface area contributed by atoms with E-state index in [0.717, 1.165) is 39.3 Å². The van der Waals surface area contributed by atoms with Gasteiger partial charge >= 0.3 is 0 Å². The largest absolute Gasteiger partial charge is 0.284 e. The summed E-state index contributed by atoms with van der Waals surface area (Å²) < 4.78 is 14.2. The second kappa shape index (κ2) is 10.7. The molecule has 0 unspecified atom stereocenters. The van der Waals surface area contributed by atoms with Crippen molar-refractivity contribution in [2.24, 2.45) is 0 Å². The molecule has 0 saturated carbocycles. The average Bonchev–Trinajstić information content (AvgIpc) is 3.25. The van der Waals surface area contributed by atoms with Crippen LogP contribution in [0.4, 0.5) is 9.52 Å². The second-order valence-corrected chi connectivity index (χ2v) is 9.58. The van der Waals surface area contributed by atoms with Crippen LogP contribution < -0.4 is 4.90 Å². The van der Waals surface area contributed by atoms with Gasteiger partial charge in [0.25, 0.3) is 0 Å². The Morgan fingerprint density at radius 3 is 2.72 bits per heavy atom. The maximum atomic E-state index is 13.2. The van der Waals surface area contributed by atoms with E-state index in [2.05, 4.69) is 24.0 Å². The van der Waals surface area contributed by atoms with E-state index >= 15 is 0 Å². The summed E-state index contributed by atoms with van der Waals surface area (Å²) in [4.78, 5) is 24.9. The molecular formula is C25H24FN3OS2.